The van der Waals surface area contributed by atoms with Gasteiger partial charge in [-0.1, -0.05) is 40.5 Å². The SMILES string of the molecule is CCC(C(C)N)C(C)(C)CC. The van der Waals surface area contributed by atoms with E-state index in [0.29, 0.717) is 17.4 Å². The third kappa shape index (κ3) is 2.82. The van der Waals surface area contributed by atoms with Crippen LogP contribution in [0.15, 0.2) is 0 Å². The zero-order chi connectivity index (χ0) is 9.07. The van der Waals surface area contributed by atoms with Crippen LogP contribution in [0.25, 0.3) is 0 Å². The third-order valence-corrected chi connectivity index (χ3v) is 2.99. The number of nitrogens with two attached hydrogens (primary N) is 1. The van der Waals surface area contributed by atoms with E-state index in [2.05, 4.69) is 34.6 Å². The smallest absolute Gasteiger partial charge is 0.00437 e. The molecule has 2 unspecified atom stereocenters. The molecule has 0 bridgehead atoms. The molecule has 0 aliphatic heterocycles. The predicted molar refractivity (Wildman–Crippen MR) is 51.5 cm³/mol. The summed E-state index contributed by atoms with van der Waals surface area (Å²) in [6, 6.07) is 0.329. The first-order valence-corrected chi connectivity index (χ1v) is 4.71. The van der Waals surface area contributed by atoms with Crippen molar-refractivity contribution in [3.8, 4) is 0 Å². The van der Waals surface area contributed by atoms with Crippen LogP contribution < -0.4 is 5.73 Å². The van der Waals surface area contributed by atoms with Gasteiger partial charge in [0.25, 0.3) is 0 Å². The molecule has 0 saturated carbocycles. The van der Waals surface area contributed by atoms with Crippen molar-refractivity contribution in [3.63, 3.8) is 0 Å². The normalized spacial score (nSPS) is 18.0. The van der Waals surface area contributed by atoms with Gasteiger partial charge in [0.2, 0.25) is 0 Å². The van der Waals surface area contributed by atoms with Crippen molar-refractivity contribution in [3.05, 3.63) is 0 Å². The van der Waals surface area contributed by atoms with E-state index in [9.17, 15) is 0 Å². The summed E-state index contributed by atoms with van der Waals surface area (Å²) in [5.41, 5.74) is 6.31. The summed E-state index contributed by atoms with van der Waals surface area (Å²) in [5, 5.41) is 0. The third-order valence-electron chi connectivity index (χ3n) is 2.99. The molecule has 0 aliphatic rings. The van der Waals surface area contributed by atoms with Crippen LogP contribution in [-0.2, 0) is 0 Å². The lowest BCUT2D eigenvalue weighted by molar-refractivity contribution is 0.171. The van der Waals surface area contributed by atoms with Crippen LogP contribution in [0.2, 0.25) is 0 Å². The number of rotatable bonds is 4. The maximum Gasteiger partial charge on any atom is 0.00437 e. The fourth-order valence-corrected chi connectivity index (χ4v) is 1.90. The number of hydrogen-bond donors (Lipinski definition) is 1. The van der Waals surface area contributed by atoms with Gasteiger partial charge in [0.1, 0.15) is 0 Å². The molecular formula is C10H23N. The molecule has 0 aromatic heterocycles. The lowest BCUT2D eigenvalue weighted by Gasteiger charge is -2.35. The second-order valence-corrected chi connectivity index (χ2v) is 4.22. The fraction of sp³-hybridized carbons (Fsp3) is 1.00. The van der Waals surface area contributed by atoms with Gasteiger partial charge in [0, 0.05) is 6.04 Å². The lowest BCUT2D eigenvalue weighted by Crippen LogP contribution is -2.36. The van der Waals surface area contributed by atoms with E-state index in [4.69, 9.17) is 5.73 Å². The van der Waals surface area contributed by atoms with Gasteiger partial charge in [-0.25, -0.2) is 0 Å². The zero-order valence-electron chi connectivity index (χ0n) is 8.65. The van der Waals surface area contributed by atoms with Crippen molar-refractivity contribution < 1.29 is 0 Å². The van der Waals surface area contributed by atoms with Gasteiger partial charge in [-0.2, -0.15) is 0 Å². The molecule has 68 valence electrons. The van der Waals surface area contributed by atoms with Gasteiger partial charge in [-0.3, -0.25) is 0 Å². The Labute approximate surface area is 71.4 Å². The first-order chi connectivity index (χ1) is 4.95. The average Bonchev–Trinajstić information content (AvgIpc) is 1.88. The summed E-state index contributed by atoms with van der Waals surface area (Å²) in [5.74, 6) is 0.660. The Morgan fingerprint density at radius 3 is 1.82 bits per heavy atom. The maximum atomic E-state index is 5.91. The number of hydrogen-bond acceptors (Lipinski definition) is 1. The van der Waals surface area contributed by atoms with Crippen molar-refractivity contribution in [2.45, 2.75) is 53.5 Å². The molecule has 0 aromatic rings. The molecule has 11 heavy (non-hydrogen) atoms. The Bertz CT molecular complexity index is 105. The van der Waals surface area contributed by atoms with Crippen LogP contribution in [0, 0.1) is 11.3 Å². The molecule has 0 aromatic carbocycles. The van der Waals surface area contributed by atoms with Crippen molar-refractivity contribution in [1.29, 1.82) is 0 Å². The molecule has 0 amide bonds. The van der Waals surface area contributed by atoms with Crippen molar-refractivity contribution in [1.82, 2.24) is 0 Å². The van der Waals surface area contributed by atoms with Gasteiger partial charge in [-0.15, -0.1) is 0 Å². The zero-order valence-corrected chi connectivity index (χ0v) is 8.65. The monoisotopic (exact) mass is 157 g/mol. The molecule has 0 fully saturated rings. The van der Waals surface area contributed by atoms with Gasteiger partial charge in [-0.05, 0) is 18.3 Å². The second-order valence-electron chi connectivity index (χ2n) is 4.22. The van der Waals surface area contributed by atoms with E-state index in [-0.39, 0.29) is 0 Å². The van der Waals surface area contributed by atoms with Crippen LogP contribution >= 0.6 is 0 Å². The van der Waals surface area contributed by atoms with Crippen LogP contribution in [0.3, 0.4) is 0 Å². The Morgan fingerprint density at radius 2 is 1.73 bits per heavy atom. The molecule has 1 heteroatoms. The molecule has 0 saturated heterocycles. The largest absolute Gasteiger partial charge is 0.328 e. The van der Waals surface area contributed by atoms with Gasteiger partial charge < -0.3 is 5.73 Å². The average molecular weight is 157 g/mol. The standard InChI is InChI=1S/C10H23N/c1-6-9(8(3)11)10(4,5)7-2/h8-9H,6-7,11H2,1-5H3. The van der Waals surface area contributed by atoms with Crippen molar-refractivity contribution >= 4 is 0 Å². The van der Waals surface area contributed by atoms with Gasteiger partial charge in [0.15, 0.2) is 0 Å². The molecule has 1 nitrogen and oxygen atoms in total. The van der Waals surface area contributed by atoms with E-state index < -0.39 is 0 Å². The minimum Gasteiger partial charge on any atom is -0.328 e. The Kier molecular flexibility index (Phi) is 4.09. The topological polar surface area (TPSA) is 26.0 Å². The van der Waals surface area contributed by atoms with E-state index in [1.54, 1.807) is 0 Å². The second kappa shape index (κ2) is 4.10. The van der Waals surface area contributed by atoms with E-state index in [1.807, 2.05) is 0 Å². The molecule has 0 radical (unpaired) electrons. The molecule has 0 aliphatic carbocycles. The Morgan fingerprint density at radius 1 is 1.27 bits per heavy atom. The highest BCUT2D eigenvalue weighted by Crippen LogP contribution is 2.34. The minimum atomic E-state index is 0.329. The van der Waals surface area contributed by atoms with Crippen molar-refractivity contribution in [2.75, 3.05) is 0 Å². The summed E-state index contributed by atoms with van der Waals surface area (Å²) in [6.07, 6.45) is 2.41. The lowest BCUT2D eigenvalue weighted by atomic mass is 9.72. The van der Waals surface area contributed by atoms with Gasteiger partial charge >= 0.3 is 0 Å². The van der Waals surface area contributed by atoms with Crippen LogP contribution in [0.1, 0.15) is 47.5 Å². The molecule has 2 atom stereocenters. The van der Waals surface area contributed by atoms with Crippen LogP contribution in [-0.4, -0.2) is 6.04 Å². The first kappa shape index (κ1) is 11.0. The Hall–Kier alpha value is -0.0400. The summed E-state index contributed by atoms with van der Waals surface area (Å²) in [6.45, 7) is 11.2. The molecule has 0 rings (SSSR count). The van der Waals surface area contributed by atoms with E-state index in [0.717, 1.165) is 0 Å². The first-order valence-electron chi connectivity index (χ1n) is 4.71. The Balaban J connectivity index is 4.23. The minimum absolute atomic E-state index is 0.329. The summed E-state index contributed by atoms with van der Waals surface area (Å²) < 4.78 is 0. The van der Waals surface area contributed by atoms with E-state index >= 15 is 0 Å². The molecule has 2 N–H and O–H groups in total. The quantitative estimate of drug-likeness (QED) is 0.667. The summed E-state index contributed by atoms with van der Waals surface area (Å²) in [4.78, 5) is 0. The van der Waals surface area contributed by atoms with Crippen LogP contribution in [0.5, 0.6) is 0 Å². The molecule has 0 spiro atoms. The van der Waals surface area contributed by atoms with Gasteiger partial charge in [0.05, 0.1) is 0 Å². The van der Waals surface area contributed by atoms with E-state index in [1.165, 1.54) is 12.8 Å². The van der Waals surface area contributed by atoms with Crippen LogP contribution in [0.4, 0.5) is 0 Å². The highest BCUT2D eigenvalue weighted by molar-refractivity contribution is 4.81. The maximum absolute atomic E-state index is 5.91. The highest BCUT2D eigenvalue weighted by Gasteiger charge is 2.28. The summed E-state index contributed by atoms with van der Waals surface area (Å²) in [7, 11) is 0. The molecular weight excluding hydrogens is 134 g/mol. The fourth-order valence-electron chi connectivity index (χ4n) is 1.90. The molecule has 0 heterocycles. The predicted octanol–water partition coefficient (Wildman–Crippen LogP) is 2.80. The highest BCUT2D eigenvalue weighted by atomic mass is 14.6. The summed E-state index contributed by atoms with van der Waals surface area (Å²) >= 11 is 0. The van der Waals surface area contributed by atoms with Crippen molar-refractivity contribution in [2.24, 2.45) is 17.1 Å².